The number of nitrogens with zero attached hydrogens (tertiary/aromatic N) is 3. The SMILES string of the molecule is CCCc1ccc(N2CCN(S(=O)(=O)C3(C(=O)NO)CCN(c4ccc(C)cc4)CC3)CC2)cc1. The second kappa shape index (κ2) is 10.6. The standard InChI is InChI=1S/C26H36N4O4S/c1-3-4-22-7-11-24(12-8-22)29-17-19-30(20-18-29)35(33,34)26(25(31)27-32)13-15-28(16-14-26)23-9-5-21(2)6-10-23/h5-12,32H,3-4,13-20H2,1-2H3,(H,27,31). The molecule has 0 unspecified atom stereocenters. The fourth-order valence-electron chi connectivity index (χ4n) is 5.18. The number of piperidine rings is 1. The zero-order chi connectivity index (χ0) is 25.1. The van der Waals surface area contributed by atoms with Crippen molar-refractivity contribution in [3.63, 3.8) is 0 Å². The molecule has 2 aliphatic heterocycles. The Morgan fingerprint density at radius 1 is 0.886 bits per heavy atom. The van der Waals surface area contributed by atoms with E-state index in [1.165, 1.54) is 9.87 Å². The van der Waals surface area contributed by atoms with Crippen LogP contribution in [0.4, 0.5) is 11.4 Å². The zero-order valence-corrected chi connectivity index (χ0v) is 21.4. The Kier molecular flexibility index (Phi) is 7.68. The summed E-state index contributed by atoms with van der Waals surface area (Å²) in [5.74, 6) is -0.838. The maximum Gasteiger partial charge on any atom is 0.266 e. The third kappa shape index (κ3) is 5.03. The quantitative estimate of drug-likeness (QED) is 0.449. The number of amides is 1. The Balaban J connectivity index is 1.46. The van der Waals surface area contributed by atoms with Crippen molar-refractivity contribution in [1.29, 1.82) is 0 Å². The van der Waals surface area contributed by atoms with Gasteiger partial charge in [0.1, 0.15) is 0 Å². The van der Waals surface area contributed by atoms with Crippen LogP contribution in [0.1, 0.15) is 37.3 Å². The average Bonchev–Trinajstić information content (AvgIpc) is 2.89. The van der Waals surface area contributed by atoms with Crippen LogP contribution < -0.4 is 15.3 Å². The molecular formula is C26H36N4O4S. The summed E-state index contributed by atoms with van der Waals surface area (Å²) < 4.78 is 27.4. The summed E-state index contributed by atoms with van der Waals surface area (Å²) in [7, 11) is -3.98. The van der Waals surface area contributed by atoms with Gasteiger partial charge in [-0.3, -0.25) is 10.0 Å². The van der Waals surface area contributed by atoms with Crippen molar-refractivity contribution in [2.75, 3.05) is 49.1 Å². The van der Waals surface area contributed by atoms with Crippen LogP contribution in [0.2, 0.25) is 0 Å². The molecule has 0 atom stereocenters. The van der Waals surface area contributed by atoms with Crippen LogP contribution in [0.15, 0.2) is 48.5 Å². The fraction of sp³-hybridized carbons (Fsp3) is 0.500. The van der Waals surface area contributed by atoms with Crippen molar-refractivity contribution in [2.24, 2.45) is 0 Å². The lowest BCUT2D eigenvalue weighted by molar-refractivity contribution is -0.132. The fourth-order valence-corrected chi connectivity index (χ4v) is 7.30. The first-order valence-electron chi connectivity index (χ1n) is 12.4. The maximum absolute atomic E-state index is 13.8. The number of nitrogens with one attached hydrogen (secondary N) is 1. The van der Waals surface area contributed by atoms with Crippen molar-refractivity contribution in [3.05, 3.63) is 59.7 Å². The molecule has 8 nitrogen and oxygen atoms in total. The van der Waals surface area contributed by atoms with E-state index in [4.69, 9.17) is 0 Å². The van der Waals surface area contributed by atoms with E-state index in [9.17, 15) is 18.4 Å². The van der Waals surface area contributed by atoms with Gasteiger partial charge < -0.3 is 9.80 Å². The van der Waals surface area contributed by atoms with Crippen LogP contribution in [0.25, 0.3) is 0 Å². The minimum Gasteiger partial charge on any atom is -0.371 e. The second-order valence-corrected chi connectivity index (χ2v) is 11.8. The Labute approximate surface area is 208 Å². The molecule has 0 saturated carbocycles. The maximum atomic E-state index is 13.8. The lowest BCUT2D eigenvalue weighted by atomic mass is 9.94. The number of carbonyl (C=O) groups is 1. The van der Waals surface area contributed by atoms with Crippen LogP contribution >= 0.6 is 0 Å². The Hall–Kier alpha value is -2.62. The molecule has 4 rings (SSSR count). The van der Waals surface area contributed by atoms with Crippen molar-refractivity contribution in [3.8, 4) is 0 Å². The summed E-state index contributed by atoms with van der Waals surface area (Å²) in [6, 6.07) is 16.5. The highest BCUT2D eigenvalue weighted by Crippen LogP contribution is 2.36. The van der Waals surface area contributed by atoms with E-state index in [0.29, 0.717) is 39.3 Å². The average molecular weight is 501 g/mol. The van der Waals surface area contributed by atoms with Gasteiger partial charge in [0, 0.05) is 50.6 Å². The topological polar surface area (TPSA) is 93.2 Å². The number of piperazine rings is 1. The molecule has 1 amide bonds. The lowest BCUT2D eigenvalue weighted by Gasteiger charge is -2.44. The summed E-state index contributed by atoms with van der Waals surface area (Å²) in [6.07, 6.45) is 2.38. The Morgan fingerprint density at radius 3 is 1.91 bits per heavy atom. The van der Waals surface area contributed by atoms with Crippen molar-refractivity contribution in [2.45, 2.75) is 44.3 Å². The van der Waals surface area contributed by atoms with Gasteiger partial charge in [-0.25, -0.2) is 13.9 Å². The highest BCUT2D eigenvalue weighted by Gasteiger charge is 2.55. The van der Waals surface area contributed by atoms with Crippen LogP contribution in [0, 0.1) is 6.92 Å². The van der Waals surface area contributed by atoms with Gasteiger partial charge in [-0.2, -0.15) is 4.31 Å². The van der Waals surface area contributed by atoms with E-state index in [2.05, 4.69) is 41.0 Å². The summed E-state index contributed by atoms with van der Waals surface area (Å²) in [5.41, 5.74) is 6.19. The molecule has 2 heterocycles. The smallest absolute Gasteiger partial charge is 0.266 e. The van der Waals surface area contributed by atoms with Crippen molar-refractivity contribution >= 4 is 27.3 Å². The molecule has 0 radical (unpaired) electrons. The number of carbonyl (C=O) groups excluding carboxylic acids is 1. The number of hydroxylamine groups is 1. The molecule has 2 aromatic rings. The van der Waals surface area contributed by atoms with E-state index in [0.717, 1.165) is 29.8 Å². The van der Waals surface area contributed by atoms with Crippen LogP contribution in [0.5, 0.6) is 0 Å². The predicted octanol–water partition coefficient (Wildman–Crippen LogP) is 2.94. The number of aryl methyl sites for hydroxylation is 2. The third-order valence-electron chi connectivity index (χ3n) is 7.40. The lowest BCUT2D eigenvalue weighted by Crippen LogP contribution is -2.63. The molecule has 35 heavy (non-hydrogen) atoms. The van der Waals surface area contributed by atoms with Gasteiger partial charge in [0.15, 0.2) is 4.75 Å². The Morgan fingerprint density at radius 2 is 1.40 bits per heavy atom. The van der Waals surface area contributed by atoms with Gasteiger partial charge in [0.25, 0.3) is 5.91 Å². The predicted molar refractivity (Wildman–Crippen MR) is 138 cm³/mol. The molecule has 0 spiro atoms. The van der Waals surface area contributed by atoms with Gasteiger partial charge in [0.2, 0.25) is 10.0 Å². The van der Waals surface area contributed by atoms with Crippen LogP contribution in [0.3, 0.4) is 0 Å². The van der Waals surface area contributed by atoms with E-state index in [1.54, 1.807) is 5.48 Å². The van der Waals surface area contributed by atoms with E-state index in [-0.39, 0.29) is 12.8 Å². The largest absolute Gasteiger partial charge is 0.371 e. The molecule has 2 aliphatic rings. The van der Waals surface area contributed by atoms with Crippen molar-refractivity contribution in [1.82, 2.24) is 9.79 Å². The van der Waals surface area contributed by atoms with Crippen LogP contribution in [-0.2, 0) is 21.2 Å². The van der Waals surface area contributed by atoms with Gasteiger partial charge in [-0.05, 0) is 56.0 Å². The molecular weight excluding hydrogens is 464 g/mol. The molecule has 0 aliphatic carbocycles. The third-order valence-corrected chi connectivity index (χ3v) is 10.0. The zero-order valence-electron chi connectivity index (χ0n) is 20.6. The van der Waals surface area contributed by atoms with Crippen molar-refractivity contribution < 1.29 is 18.4 Å². The van der Waals surface area contributed by atoms with E-state index < -0.39 is 20.7 Å². The second-order valence-electron chi connectivity index (χ2n) is 9.57. The first-order valence-corrected chi connectivity index (χ1v) is 13.8. The minimum atomic E-state index is -3.98. The number of hydrogen-bond donors (Lipinski definition) is 2. The highest BCUT2D eigenvalue weighted by atomic mass is 32.2. The van der Waals surface area contributed by atoms with Gasteiger partial charge in [-0.1, -0.05) is 43.2 Å². The summed E-state index contributed by atoms with van der Waals surface area (Å²) in [6.45, 7) is 6.73. The van der Waals surface area contributed by atoms with Gasteiger partial charge >= 0.3 is 0 Å². The van der Waals surface area contributed by atoms with Gasteiger partial charge in [0.05, 0.1) is 0 Å². The minimum absolute atomic E-state index is 0.120. The molecule has 2 fully saturated rings. The molecule has 190 valence electrons. The first-order chi connectivity index (χ1) is 16.8. The first kappa shape index (κ1) is 25.5. The molecule has 2 saturated heterocycles. The summed E-state index contributed by atoms with van der Waals surface area (Å²) in [5, 5.41) is 9.47. The number of hydrogen-bond acceptors (Lipinski definition) is 6. The monoisotopic (exact) mass is 500 g/mol. The molecule has 0 aromatic heterocycles. The number of benzene rings is 2. The molecule has 2 N–H and O–H groups in total. The van der Waals surface area contributed by atoms with Gasteiger partial charge in [-0.15, -0.1) is 0 Å². The molecule has 2 aromatic carbocycles. The number of rotatable bonds is 7. The van der Waals surface area contributed by atoms with E-state index in [1.807, 2.05) is 31.2 Å². The number of sulfonamides is 1. The Bertz CT molecular complexity index is 1100. The highest BCUT2D eigenvalue weighted by molar-refractivity contribution is 7.91. The molecule has 9 heteroatoms. The van der Waals surface area contributed by atoms with E-state index >= 15 is 0 Å². The molecule has 0 bridgehead atoms. The number of anilines is 2. The summed E-state index contributed by atoms with van der Waals surface area (Å²) >= 11 is 0. The van der Waals surface area contributed by atoms with Crippen LogP contribution in [-0.4, -0.2) is 67.9 Å². The summed E-state index contributed by atoms with van der Waals surface area (Å²) in [4.78, 5) is 17.1. The normalized spacial score (nSPS) is 18.9.